The quantitative estimate of drug-likeness (QED) is 0.174. The lowest BCUT2D eigenvalue weighted by Crippen LogP contribution is -1.92. The van der Waals surface area contributed by atoms with Gasteiger partial charge in [-0.05, 0) is 118 Å². The highest BCUT2D eigenvalue weighted by molar-refractivity contribution is 6.23. The van der Waals surface area contributed by atoms with E-state index in [-0.39, 0.29) is 0 Å². The maximum absolute atomic E-state index is 6.50. The molecule has 0 unspecified atom stereocenters. The molecule has 11 aromatic rings. The van der Waals surface area contributed by atoms with Crippen LogP contribution in [0.5, 0.6) is 0 Å². The van der Waals surface area contributed by atoms with Crippen LogP contribution in [0.1, 0.15) is 0 Å². The lowest BCUT2D eigenvalue weighted by molar-refractivity contribution is 0.672. The van der Waals surface area contributed by atoms with Crippen molar-refractivity contribution in [3.05, 3.63) is 182 Å². The average Bonchev–Trinajstić information content (AvgIpc) is 3.58. The molecular weight excluding hydrogens is 617 g/mol. The first-order valence-corrected chi connectivity index (χ1v) is 17.6. The Hall–Kier alpha value is -6.70. The van der Waals surface area contributed by atoms with Crippen molar-refractivity contribution in [1.82, 2.24) is 0 Å². The van der Waals surface area contributed by atoms with Crippen LogP contribution in [0.25, 0.3) is 109 Å². The molecule has 51 heavy (non-hydrogen) atoms. The van der Waals surface area contributed by atoms with Gasteiger partial charge in [0.1, 0.15) is 11.2 Å². The van der Waals surface area contributed by atoms with Crippen LogP contribution in [-0.4, -0.2) is 0 Å². The van der Waals surface area contributed by atoms with Gasteiger partial charge in [0, 0.05) is 16.2 Å². The van der Waals surface area contributed by atoms with Gasteiger partial charge in [-0.1, -0.05) is 146 Å². The third kappa shape index (κ3) is 4.28. The zero-order valence-electron chi connectivity index (χ0n) is 27.7. The first-order valence-electron chi connectivity index (χ1n) is 17.6. The van der Waals surface area contributed by atoms with Gasteiger partial charge in [0.15, 0.2) is 0 Å². The summed E-state index contributed by atoms with van der Waals surface area (Å²) >= 11 is 0. The van der Waals surface area contributed by atoms with E-state index in [1.807, 2.05) is 0 Å². The molecular formula is C50H30O. The Bertz CT molecular complexity index is 3140. The van der Waals surface area contributed by atoms with Gasteiger partial charge in [-0.3, -0.25) is 0 Å². The Balaban J connectivity index is 1.19. The Morgan fingerprint density at radius 1 is 0.275 bits per heavy atom. The zero-order chi connectivity index (χ0) is 33.5. The summed E-state index contributed by atoms with van der Waals surface area (Å²) in [5.41, 5.74) is 9.24. The maximum atomic E-state index is 6.50. The van der Waals surface area contributed by atoms with Crippen LogP contribution in [0.15, 0.2) is 186 Å². The maximum Gasteiger partial charge on any atom is 0.143 e. The molecule has 1 heteroatoms. The third-order valence-electron chi connectivity index (χ3n) is 10.8. The SMILES string of the molecule is c1ccc2cc(-c3c4ccccc4c(-c4cc(-c5ccc6oc7c8ccccc8ccc7c6c5)c5ccccc5c4)c4ccccc34)ccc2c1. The van der Waals surface area contributed by atoms with Crippen molar-refractivity contribution in [1.29, 1.82) is 0 Å². The van der Waals surface area contributed by atoms with E-state index in [0.29, 0.717) is 0 Å². The lowest BCUT2D eigenvalue weighted by Gasteiger charge is -2.19. The zero-order valence-corrected chi connectivity index (χ0v) is 27.7. The van der Waals surface area contributed by atoms with Gasteiger partial charge in [-0.2, -0.15) is 0 Å². The van der Waals surface area contributed by atoms with Crippen molar-refractivity contribution in [3.8, 4) is 33.4 Å². The van der Waals surface area contributed by atoms with Gasteiger partial charge in [0.05, 0.1) is 0 Å². The first-order chi connectivity index (χ1) is 25.3. The lowest BCUT2D eigenvalue weighted by atomic mass is 9.84. The number of fused-ring (bicyclic) bond motifs is 9. The summed E-state index contributed by atoms with van der Waals surface area (Å²) in [7, 11) is 0. The second-order valence-electron chi connectivity index (χ2n) is 13.6. The van der Waals surface area contributed by atoms with E-state index >= 15 is 0 Å². The van der Waals surface area contributed by atoms with Gasteiger partial charge >= 0.3 is 0 Å². The Labute approximate surface area is 294 Å². The number of furan rings is 1. The molecule has 11 rings (SSSR count). The summed E-state index contributed by atoms with van der Waals surface area (Å²) in [6.07, 6.45) is 0. The van der Waals surface area contributed by atoms with E-state index in [1.54, 1.807) is 0 Å². The van der Waals surface area contributed by atoms with Crippen LogP contribution in [0.2, 0.25) is 0 Å². The van der Waals surface area contributed by atoms with Crippen molar-refractivity contribution >= 4 is 75.8 Å². The molecule has 0 spiro atoms. The van der Waals surface area contributed by atoms with E-state index in [0.717, 1.165) is 27.3 Å². The van der Waals surface area contributed by atoms with Gasteiger partial charge in [-0.15, -0.1) is 0 Å². The molecule has 1 heterocycles. The third-order valence-corrected chi connectivity index (χ3v) is 10.8. The second kappa shape index (κ2) is 10.9. The molecule has 1 nitrogen and oxygen atoms in total. The number of hydrogen-bond acceptors (Lipinski definition) is 1. The van der Waals surface area contributed by atoms with Crippen molar-refractivity contribution < 1.29 is 4.42 Å². The van der Waals surface area contributed by atoms with Gasteiger partial charge in [-0.25, -0.2) is 0 Å². The molecule has 0 atom stereocenters. The van der Waals surface area contributed by atoms with E-state index in [2.05, 4.69) is 182 Å². The predicted molar refractivity (Wildman–Crippen MR) is 218 cm³/mol. The highest BCUT2D eigenvalue weighted by Gasteiger charge is 2.19. The fraction of sp³-hybridized carbons (Fsp3) is 0. The summed E-state index contributed by atoms with van der Waals surface area (Å²) in [5.74, 6) is 0. The minimum atomic E-state index is 0.909. The largest absolute Gasteiger partial charge is 0.455 e. The monoisotopic (exact) mass is 646 g/mol. The molecule has 0 aliphatic heterocycles. The molecule has 0 fully saturated rings. The topological polar surface area (TPSA) is 13.1 Å². The summed E-state index contributed by atoms with van der Waals surface area (Å²) in [4.78, 5) is 0. The number of hydrogen-bond donors (Lipinski definition) is 0. The molecule has 0 saturated carbocycles. The number of benzene rings is 10. The molecule has 236 valence electrons. The van der Waals surface area contributed by atoms with Crippen molar-refractivity contribution in [2.75, 3.05) is 0 Å². The van der Waals surface area contributed by atoms with Crippen molar-refractivity contribution in [2.24, 2.45) is 0 Å². The summed E-state index contributed by atoms with van der Waals surface area (Å²) in [5, 5.41) is 14.6. The average molecular weight is 647 g/mol. The fourth-order valence-electron chi connectivity index (χ4n) is 8.46. The molecule has 0 N–H and O–H groups in total. The Morgan fingerprint density at radius 2 is 0.804 bits per heavy atom. The molecule has 1 aromatic heterocycles. The normalized spacial score (nSPS) is 11.9. The molecule has 0 aliphatic carbocycles. The van der Waals surface area contributed by atoms with E-state index in [4.69, 9.17) is 4.42 Å². The molecule has 0 aliphatic rings. The van der Waals surface area contributed by atoms with Gasteiger partial charge in [0.25, 0.3) is 0 Å². The minimum absolute atomic E-state index is 0.909. The summed E-state index contributed by atoms with van der Waals surface area (Å²) in [6, 6.07) is 66.5. The molecule has 0 saturated heterocycles. The van der Waals surface area contributed by atoms with Gasteiger partial charge < -0.3 is 4.42 Å². The van der Waals surface area contributed by atoms with Crippen LogP contribution >= 0.6 is 0 Å². The summed E-state index contributed by atoms with van der Waals surface area (Å²) < 4.78 is 6.50. The highest BCUT2D eigenvalue weighted by atomic mass is 16.3. The molecule has 0 bridgehead atoms. The predicted octanol–water partition coefficient (Wildman–Crippen LogP) is 14.4. The molecule has 10 aromatic carbocycles. The Kier molecular flexibility index (Phi) is 6.02. The molecule has 0 amide bonds. The van der Waals surface area contributed by atoms with Crippen LogP contribution in [0.3, 0.4) is 0 Å². The van der Waals surface area contributed by atoms with E-state index in [9.17, 15) is 0 Å². The minimum Gasteiger partial charge on any atom is -0.455 e. The van der Waals surface area contributed by atoms with Crippen LogP contribution < -0.4 is 0 Å². The fourth-order valence-corrected chi connectivity index (χ4v) is 8.46. The van der Waals surface area contributed by atoms with Crippen LogP contribution in [0.4, 0.5) is 0 Å². The van der Waals surface area contributed by atoms with Crippen molar-refractivity contribution in [3.63, 3.8) is 0 Å². The number of rotatable bonds is 3. The highest BCUT2D eigenvalue weighted by Crippen LogP contribution is 2.46. The first kappa shape index (κ1) is 28.2. The Morgan fingerprint density at radius 3 is 1.53 bits per heavy atom. The summed E-state index contributed by atoms with van der Waals surface area (Å²) in [6.45, 7) is 0. The van der Waals surface area contributed by atoms with Crippen LogP contribution in [-0.2, 0) is 0 Å². The second-order valence-corrected chi connectivity index (χ2v) is 13.6. The molecule has 0 radical (unpaired) electrons. The smallest absolute Gasteiger partial charge is 0.143 e. The van der Waals surface area contributed by atoms with E-state index < -0.39 is 0 Å². The standard InChI is InChI=1S/C50H30O/c1-2-13-33-27-36(22-21-31(33)11-1)48-40-17-7-9-19-42(40)49(43-20-10-8-18-41(43)48)37-28-34-14-4-5-15-38(34)45(30-37)35-24-26-47-46(29-35)44-25-23-32-12-3-6-16-39(32)50(44)51-47/h1-30H. The van der Waals surface area contributed by atoms with E-state index in [1.165, 1.54) is 81.9 Å². The van der Waals surface area contributed by atoms with Gasteiger partial charge in [0.2, 0.25) is 0 Å². The van der Waals surface area contributed by atoms with Crippen LogP contribution in [0, 0.1) is 0 Å². The van der Waals surface area contributed by atoms with Crippen molar-refractivity contribution in [2.45, 2.75) is 0 Å².